The SMILES string of the molecule is CCCCN(CC)c1ccc(C(=O)Nc2ccc(S(C)(=O)=O)cc2)cc1. The van der Waals surface area contributed by atoms with E-state index in [1.807, 2.05) is 24.3 Å². The summed E-state index contributed by atoms with van der Waals surface area (Å²) < 4.78 is 22.9. The summed E-state index contributed by atoms with van der Waals surface area (Å²) >= 11 is 0. The summed E-state index contributed by atoms with van der Waals surface area (Å²) in [5.41, 5.74) is 2.23. The molecule has 0 aromatic heterocycles. The van der Waals surface area contributed by atoms with Gasteiger partial charge in [0.05, 0.1) is 4.90 Å². The van der Waals surface area contributed by atoms with Gasteiger partial charge in [-0.05, 0) is 61.9 Å². The number of anilines is 2. The van der Waals surface area contributed by atoms with Crippen LogP contribution in [0, 0.1) is 0 Å². The molecule has 0 aliphatic heterocycles. The number of carbonyl (C=O) groups excluding carboxylic acids is 1. The summed E-state index contributed by atoms with van der Waals surface area (Å²) in [4.78, 5) is 14.9. The molecule has 0 atom stereocenters. The van der Waals surface area contributed by atoms with Gasteiger partial charge >= 0.3 is 0 Å². The third-order valence-electron chi connectivity index (χ3n) is 4.20. The number of carbonyl (C=O) groups is 1. The van der Waals surface area contributed by atoms with Gasteiger partial charge in [0.25, 0.3) is 5.91 Å². The molecule has 0 saturated heterocycles. The normalized spacial score (nSPS) is 11.2. The Kier molecular flexibility index (Phi) is 6.80. The molecular weight excluding hydrogens is 348 g/mol. The van der Waals surface area contributed by atoms with E-state index in [0.29, 0.717) is 11.3 Å². The van der Waals surface area contributed by atoms with Crippen LogP contribution in [0.25, 0.3) is 0 Å². The number of benzene rings is 2. The number of amides is 1. The molecule has 0 bridgehead atoms. The summed E-state index contributed by atoms with van der Waals surface area (Å²) in [7, 11) is -3.24. The minimum atomic E-state index is -3.24. The summed E-state index contributed by atoms with van der Waals surface area (Å²) in [5, 5.41) is 2.79. The molecule has 5 nitrogen and oxygen atoms in total. The van der Waals surface area contributed by atoms with Crippen molar-refractivity contribution in [2.45, 2.75) is 31.6 Å². The van der Waals surface area contributed by atoms with E-state index in [0.717, 1.165) is 37.9 Å². The predicted molar refractivity (Wildman–Crippen MR) is 107 cm³/mol. The topological polar surface area (TPSA) is 66.5 Å². The monoisotopic (exact) mass is 374 g/mol. The number of nitrogens with zero attached hydrogens (tertiary/aromatic N) is 1. The summed E-state index contributed by atoms with van der Waals surface area (Å²) in [6.45, 7) is 6.23. The van der Waals surface area contributed by atoms with E-state index >= 15 is 0 Å². The molecule has 0 aliphatic rings. The van der Waals surface area contributed by atoms with E-state index in [9.17, 15) is 13.2 Å². The Bertz CT molecular complexity index is 828. The van der Waals surface area contributed by atoms with E-state index in [4.69, 9.17) is 0 Å². The van der Waals surface area contributed by atoms with E-state index < -0.39 is 9.84 Å². The molecule has 2 aromatic carbocycles. The van der Waals surface area contributed by atoms with Crippen LogP contribution >= 0.6 is 0 Å². The van der Waals surface area contributed by atoms with Crippen molar-refractivity contribution in [3.63, 3.8) is 0 Å². The van der Waals surface area contributed by atoms with Gasteiger partial charge in [-0.2, -0.15) is 0 Å². The zero-order valence-electron chi connectivity index (χ0n) is 15.5. The molecule has 2 aromatic rings. The molecule has 0 heterocycles. The van der Waals surface area contributed by atoms with Crippen molar-refractivity contribution >= 4 is 27.1 Å². The van der Waals surface area contributed by atoms with E-state index in [1.165, 1.54) is 12.1 Å². The first-order valence-corrected chi connectivity index (χ1v) is 10.7. The molecule has 0 spiro atoms. The molecule has 140 valence electrons. The number of rotatable bonds is 8. The van der Waals surface area contributed by atoms with Crippen molar-refractivity contribution in [3.8, 4) is 0 Å². The van der Waals surface area contributed by atoms with Crippen LogP contribution in [0.3, 0.4) is 0 Å². The van der Waals surface area contributed by atoms with Crippen molar-refractivity contribution in [1.82, 2.24) is 0 Å². The van der Waals surface area contributed by atoms with Crippen LogP contribution in [0.1, 0.15) is 37.0 Å². The third kappa shape index (κ3) is 5.33. The van der Waals surface area contributed by atoms with Crippen molar-refractivity contribution in [2.24, 2.45) is 0 Å². The van der Waals surface area contributed by atoms with Crippen LogP contribution in [-0.2, 0) is 9.84 Å². The Morgan fingerprint density at radius 1 is 1.00 bits per heavy atom. The lowest BCUT2D eigenvalue weighted by molar-refractivity contribution is 0.102. The molecule has 0 unspecified atom stereocenters. The highest BCUT2D eigenvalue weighted by molar-refractivity contribution is 7.90. The predicted octanol–water partition coefficient (Wildman–Crippen LogP) is 3.97. The largest absolute Gasteiger partial charge is 0.372 e. The lowest BCUT2D eigenvalue weighted by atomic mass is 10.1. The summed E-state index contributed by atoms with van der Waals surface area (Å²) in [5.74, 6) is -0.222. The fraction of sp³-hybridized carbons (Fsp3) is 0.350. The summed E-state index contributed by atoms with van der Waals surface area (Å²) in [6, 6.07) is 13.7. The summed E-state index contributed by atoms with van der Waals surface area (Å²) in [6.07, 6.45) is 3.44. The van der Waals surface area contributed by atoms with Gasteiger partial charge in [0.2, 0.25) is 0 Å². The fourth-order valence-electron chi connectivity index (χ4n) is 2.63. The Morgan fingerprint density at radius 2 is 1.62 bits per heavy atom. The highest BCUT2D eigenvalue weighted by Gasteiger charge is 2.10. The van der Waals surface area contributed by atoms with Crippen LogP contribution in [0.2, 0.25) is 0 Å². The van der Waals surface area contributed by atoms with Gasteiger partial charge in [-0.1, -0.05) is 13.3 Å². The van der Waals surface area contributed by atoms with Gasteiger partial charge in [0.15, 0.2) is 9.84 Å². The van der Waals surface area contributed by atoms with Crippen molar-refractivity contribution in [2.75, 3.05) is 29.6 Å². The Labute approximate surface area is 156 Å². The van der Waals surface area contributed by atoms with Crippen molar-refractivity contribution in [1.29, 1.82) is 0 Å². The zero-order valence-corrected chi connectivity index (χ0v) is 16.3. The second kappa shape index (κ2) is 8.85. The van der Waals surface area contributed by atoms with E-state index in [1.54, 1.807) is 12.1 Å². The minimum absolute atomic E-state index is 0.222. The molecule has 0 fully saturated rings. The molecule has 1 N–H and O–H groups in total. The third-order valence-corrected chi connectivity index (χ3v) is 5.33. The lowest BCUT2D eigenvalue weighted by Gasteiger charge is -2.23. The maximum Gasteiger partial charge on any atom is 0.255 e. The first-order valence-electron chi connectivity index (χ1n) is 8.81. The van der Waals surface area contributed by atoms with Crippen LogP contribution in [-0.4, -0.2) is 33.7 Å². The quantitative estimate of drug-likeness (QED) is 0.759. The standard InChI is InChI=1S/C20H26N2O3S/c1-4-6-15-22(5-2)18-11-7-16(8-12-18)20(23)21-17-9-13-19(14-10-17)26(3,24)25/h7-14H,4-6,15H2,1-3H3,(H,21,23). The van der Waals surface area contributed by atoms with Crippen LogP contribution in [0.4, 0.5) is 11.4 Å². The highest BCUT2D eigenvalue weighted by Crippen LogP contribution is 2.18. The zero-order chi connectivity index (χ0) is 19.2. The number of hydrogen-bond acceptors (Lipinski definition) is 4. The second-order valence-electron chi connectivity index (χ2n) is 6.23. The lowest BCUT2D eigenvalue weighted by Crippen LogP contribution is -2.23. The van der Waals surface area contributed by atoms with Gasteiger partial charge in [-0.25, -0.2) is 8.42 Å². The highest BCUT2D eigenvalue weighted by atomic mass is 32.2. The molecule has 26 heavy (non-hydrogen) atoms. The van der Waals surface area contributed by atoms with Gasteiger partial charge < -0.3 is 10.2 Å². The maximum absolute atomic E-state index is 12.4. The van der Waals surface area contributed by atoms with Crippen LogP contribution in [0.5, 0.6) is 0 Å². The van der Waals surface area contributed by atoms with Gasteiger partial charge in [0, 0.05) is 36.3 Å². The van der Waals surface area contributed by atoms with Crippen molar-refractivity contribution in [3.05, 3.63) is 54.1 Å². The Morgan fingerprint density at radius 3 is 2.12 bits per heavy atom. The molecule has 1 amide bonds. The van der Waals surface area contributed by atoms with Crippen LogP contribution in [0.15, 0.2) is 53.4 Å². The number of nitrogens with one attached hydrogen (secondary N) is 1. The molecule has 6 heteroatoms. The Balaban J connectivity index is 2.05. The van der Waals surface area contributed by atoms with E-state index in [-0.39, 0.29) is 10.8 Å². The Hall–Kier alpha value is -2.34. The first-order chi connectivity index (χ1) is 12.3. The molecule has 0 radical (unpaired) electrons. The maximum atomic E-state index is 12.4. The van der Waals surface area contributed by atoms with Crippen molar-refractivity contribution < 1.29 is 13.2 Å². The smallest absolute Gasteiger partial charge is 0.255 e. The fourth-order valence-corrected chi connectivity index (χ4v) is 3.26. The van der Waals surface area contributed by atoms with Gasteiger partial charge in [-0.3, -0.25) is 4.79 Å². The molecule has 0 aliphatic carbocycles. The second-order valence-corrected chi connectivity index (χ2v) is 8.25. The minimum Gasteiger partial charge on any atom is -0.372 e. The number of sulfone groups is 1. The van der Waals surface area contributed by atoms with Gasteiger partial charge in [-0.15, -0.1) is 0 Å². The van der Waals surface area contributed by atoms with E-state index in [2.05, 4.69) is 24.1 Å². The average molecular weight is 375 g/mol. The molecule has 0 saturated carbocycles. The average Bonchev–Trinajstić information content (AvgIpc) is 2.62. The van der Waals surface area contributed by atoms with Gasteiger partial charge in [0.1, 0.15) is 0 Å². The molecule has 2 rings (SSSR count). The molecular formula is C20H26N2O3S. The number of unbranched alkanes of at least 4 members (excludes halogenated alkanes) is 1. The van der Waals surface area contributed by atoms with Crippen LogP contribution < -0.4 is 10.2 Å². The number of hydrogen-bond donors (Lipinski definition) is 1. The first kappa shape index (κ1) is 20.0.